The lowest BCUT2D eigenvalue weighted by Crippen LogP contribution is -2.04. The standard InChI is InChI=1S/C15H14FNO2/c1-2-9-3-5-10(6-4-9)14(18)12-7-11(16)8-13(17)15(12)19/h3-8,19H,2,17H2,1H3. The number of nitrogen functional groups attached to an aromatic ring is 1. The van der Waals surface area contributed by atoms with E-state index in [0.29, 0.717) is 5.56 Å². The molecule has 0 radical (unpaired) electrons. The van der Waals surface area contributed by atoms with E-state index < -0.39 is 11.6 Å². The molecule has 0 heterocycles. The first-order chi connectivity index (χ1) is 9.02. The van der Waals surface area contributed by atoms with Crippen LogP contribution in [0, 0.1) is 5.82 Å². The number of rotatable bonds is 3. The molecule has 98 valence electrons. The Morgan fingerprint density at radius 2 is 1.89 bits per heavy atom. The Morgan fingerprint density at radius 3 is 2.47 bits per heavy atom. The van der Waals surface area contributed by atoms with E-state index in [9.17, 15) is 14.3 Å². The normalized spacial score (nSPS) is 10.4. The molecule has 0 spiro atoms. The number of nitrogens with two attached hydrogens (primary N) is 1. The van der Waals surface area contributed by atoms with E-state index in [2.05, 4.69) is 0 Å². The lowest BCUT2D eigenvalue weighted by Gasteiger charge is -2.07. The number of anilines is 1. The van der Waals surface area contributed by atoms with Gasteiger partial charge in [-0.15, -0.1) is 0 Å². The zero-order valence-electron chi connectivity index (χ0n) is 10.5. The van der Waals surface area contributed by atoms with Gasteiger partial charge in [-0.05, 0) is 18.1 Å². The molecule has 3 N–H and O–H groups in total. The Labute approximate surface area is 110 Å². The predicted octanol–water partition coefficient (Wildman–Crippen LogP) is 2.91. The molecule has 0 atom stereocenters. The van der Waals surface area contributed by atoms with Gasteiger partial charge in [-0.2, -0.15) is 0 Å². The molecule has 0 aromatic heterocycles. The van der Waals surface area contributed by atoms with Crippen LogP contribution in [0.4, 0.5) is 10.1 Å². The second kappa shape index (κ2) is 5.10. The monoisotopic (exact) mass is 259 g/mol. The molecular weight excluding hydrogens is 245 g/mol. The van der Waals surface area contributed by atoms with Crippen LogP contribution in [0.5, 0.6) is 5.75 Å². The highest BCUT2D eigenvalue weighted by atomic mass is 19.1. The molecule has 2 rings (SSSR count). The van der Waals surface area contributed by atoms with Gasteiger partial charge in [-0.3, -0.25) is 4.79 Å². The third kappa shape index (κ3) is 2.57. The van der Waals surface area contributed by atoms with E-state index in [-0.39, 0.29) is 17.0 Å². The number of carbonyl (C=O) groups excluding carboxylic acids is 1. The number of phenolic OH excluding ortho intramolecular Hbond substituents is 1. The van der Waals surface area contributed by atoms with Crippen molar-refractivity contribution in [3.05, 3.63) is 58.9 Å². The number of carbonyl (C=O) groups is 1. The van der Waals surface area contributed by atoms with Gasteiger partial charge in [-0.25, -0.2) is 4.39 Å². The van der Waals surface area contributed by atoms with Crippen molar-refractivity contribution in [2.75, 3.05) is 5.73 Å². The average Bonchev–Trinajstić information content (AvgIpc) is 2.42. The molecule has 0 saturated carbocycles. The van der Waals surface area contributed by atoms with Crippen molar-refractivity contribution in [2.24, 2.45) is 0 Å². The summed E-state index contributed by atoms with van der Waals surface area (Å²) in [7, 11) is 0. The maximum absolute atomic E-state index is 13.3. The summed E-state index contributed by atoms with van der Waals surface area (Å²) < 4.78 is 13.3. The largest absolute Gasteiger partial charge is 0.505 e. The Hall–Kier alpha value is -2.36. The van der Waals surface area contributed by atoms with Gasteiger partial charge in [0.2, 0.25) is 0 Å². The summed E-state index contributed by atoms with van der Waals surface area (Å²) in [6.45, 7) is 2.01. The second-order valence-corrected chi connectivity index (χ2v) is 4.27. The summed E-state index contributed by atoms with van der Waals surface area (Å²) in [5.74, 6) is -1.49. The molecule has 4 heteroatoms. The number of benzene rings is 2. The maximum atomic E-state index is 13.3. The fourth-order valence-electron chi connectivity index (χ4n) is 1.84. The van der Waals surface area contributed by atoms with Crippen LogP contribution >= 0.6 is 0 Å². The SMILES string of the molecule is CCc1ccc(C(=O)c2cc(F)cc(N)c2O)cc1. The summed E-state index contributed by atoms with van der Waals surface area (Å²) in [5, 5.41) is 9.74. The summed E-state index contributed by atoms with van der Waals surface area (Å²) in [5.41, 5.74) is 6.66. The third-order valence-corrected chi connectivity index (χ3v) is 2.97. The minimum absolute atomic E-state index is 0.123. The van der Waals surface area contributed by atoms with E-state index in [4.69, 9.17) is 5.73 Å². The third-order valence-electron chi connectivity index (χ3n) is 2.97. The molecule has 0 aliphatic heterocycles. The molecule has 3 nitrogen and oxygen atoms in total. The quantitative estimate of drug-likeness (QED) is 0.506. The molecule has 2 aromatic rings. The lowest BCUT2D eigenvalue weighted by molar-refractivity contribution is 0.103. The zero-order chi connectivity index (χ0) is 14.0. The first-order valence-corrected chi connectivity index (χ1v) is 5.94. The van der Waals surface area contributed by atoms with Crippen molar-refractivity contribution in [1.82, 2.24) is 0 Å². The van der Waals surface area contributed by atoms with Gasteiger partial charge in [0.15, 0.2) is 5.78 Å². The van der Waals surface area contributed by atoms with Crippen LogP contribution in [0.15, 0.2) is 36.4 Å². The molecule has 0 bridgehead atoms. The lowest BCUT2D eigenvalue weighted by atomic mass is 10.00. The molecule has 0 fully saturated rings. The van der Waals surface area contributed by atoms with Gasteiger partial charge in [0, 0.05) is 11.6 Å². The highest BCUT2D eigenvalue weighted by Crippen LogP contribution is 2.28. The maximum Gasteiger partial charge on any atom is 0.196 e. The fraction of sp³-hybridized carbons (Fsp3) is 0.133. The van der Waals surface area contributed by atoms with Crippen LogP contribution in [0.2, 0.25) is 0 Å². The molecule has 0 amide bonds. The first-order valence-electron chi connectivity index (χ1n) is 5.94. The number of ketones is 1. The summed E-state index contributed by atoms with van der Waals surface area (Å²) in [6, 6.07) is 8.93. The Morgan fingerprint density at radius 1 is 1.26 bits per heavy atom. The molecule has 0 aliphatic carbocycles. The number of hydrogen-bond donors (Lipinski definition) is 2. The number of aryl methyl sites for hydroxylation is 1. The van der Waals surface area contributed by atoms with Crippen LogP contribution < -0.4 is 5.73 Å². The Balaban J connectivity index is 2.43. The topological polar surface area (TPSA) is 63.3 Å². The molecule has 2 aromatic carbocycles. The van der Waals surface area contributed by atoms with Gasteiger partial charge in [0.1, 0.15) is 11.6 Å². The Bertz CT molecular complexity index is 621. The van der Waals surface area contributed by atoms with Crippen LogP contribution in [0.3, 0.4) is 0 Å². The number of hydrogen-bond acceptors (Lipinski definition) is 3. The van der Waals surface area contributed by atoms with E-state index in [1.807, 2.05) is 19.1 Å². The van der Waals surface area contributed by atoms with E-state index in [1.165, 1.54) is 0 Å². The van der Waals surface area contributed by atoms with Crippen molar-refractivity contribution in [3.8, 4) is 5.75 Å². The molecule has 0 saturated heterocycles. The number of phenols is 1. The van der Waals surface area contributed by atoms with Crippen LogP contribution in [-0.4, -0.2) is 10.9 Å². The first kappa shape index (κ1) is 13.1. The highest BCUT2D eigenvalue weighted by molar-refractivity contribution is 6.11. The van der Waals surface area contributed by atoms with Crippen LogP contribution in [-0.2, 0) is 6.42 Å². The van der Waals surface area contributed by atoms with Crippen molar-refractivity contribution in [2.45, 2.75) is 13.3 Å². The molecule has 0 aliphatic rings. The van der Waals surface area contributed by atoms with Crippen LogP contribution in [0.25, 0.3) is 0 Å². The zero-order valence-corrected chi connectivity index (χ0v) is 10.5. The minimum Gasteiger partial charge on any atom is -0.505 e. The average molecular weight is 259 g/mol. The molecular formula is C15H14FNO2. The number of halogens is 1. The van der Waals surface area contributed by atoms with E-state index in [0.717, 1.165) is 24.1 Å². The summed E-state index contributed by atoms with van der Waals surface area (Å²) in [6.07, 6.45) is 0.868. The summed E-state index contributed by atoms with van der Waals surface area (Å²) >= 11 is 0. The fourth-order valence-corrected chi connectivity index (χ4v) is 1.84. The van der Waals surface area contributed by atoms with Crippen molar-refractivity contribution >= 4 is 11.5 Å². The van der Waals surface area contributed by atoms with Gasteiger partial charge < -0.3 is 10.8 Å². The Kier molecular flexibility index (Phi) is 3.51. The minimum atomic E-state index is -0.649. The van der Waals surface area contributed by atoms with Crippen molar-refractivity contribution < 1.29 is 14.3 Å². The predicted molar refractivity (Wildman–Crippen MR) is 71.7 cm³/mol. The van der Waals surface area contributed by atoms with Crippen molar-refractivity contribution in [3.63, 3.8) is 0 Å². The van der Waals surface area contributed by atoms with Gasteiger partial charge in [0.05, 0.1) is 11.3 Å². The van der Waals surface area contributed by atoms with Crippen LogP contribution in [0.1, 0.15) is 28.4 Å². The summed E-state index contributed by atoms with van der Waals surface area (Å²) in [4.78, 5) is 12.2. The second-order valence-electron chi connectivity index (χ2n) is 4.27. The van der Waals surface area contributed by atoms with Gasteiger partial charge in [0.25, 0.3) is 0 Å². The smallest absolute Gasteiger partial charge is 0.196 e. The van der Waals surface area contributed by atoms with E-state index >= 15 is 0 Å². The number of aromatic hydroxyl groups is 1. The van der Waals surface area contributed by atoms with Crippen molar-refractivity contribution in [1.29, 1.82) is 0 Å². The van der Waals surface area contributed by atoms with E-state index in [1.54, 1.807) is 12.1 Å². The molecule has 0 unspecified atom stereocenters. The highest BCUT2D eigenvalue weighted by Gasteiger charge is 2.17. The van der Waals surface area contributed by atoms with Gasteiger partial charge >= 0.3 is 0 Å². The van der Waals surface area contributed by atoms with Gasteiger partial charge in [-0.1, -0.05) is 31.2 Å². The molecule has 19 heavy (non-hydrogen) atoms.